The second-order valence-electron chi connectivity index (χ2n) is 6.70. The summed E-state index contributed by atoms with van der Waals surface area (Å²) in [5.74, 6) is -0.282. The molecule has 1 aliphatic rings. The fraction of sp³-hybridized carbons (Fsp3) is 0.812. The van der Waals surface area contributed by atoms with Crippen molar-refractivity contribution < 1.29 is 19.1 Å². The van der Waals surface area contributed by atoms with Crippen LogP contribution in [0, 0.1) is 5.92 Å². The predicted octanol–water partition coefficient (Wildman–Crippen LogP) is 1.66. The van der Waals surface area contributed by atoms with Crippen LogP contribution in [0.2, 0.25) is 0 Å². The topological polar surface area (TPSA) is 79.9 Å². The number of hydrogen-bond donors (Lipinski definition) is 2. The molecule has 0 spiro atoms. The fourth-order valence-electron chi connectivity index (χ4n) is 2.37. The molecular formula is C16H29N3O4S. The number of rotatable bonds is 5. The number of esters is 1. The molecule has 2 N–H and O–H groups in total. The molecule has 1 atom stereocenters. The van der Waals surface area contributed by atoms with Gasteiger partial charge in [-0.15, -0.1) is 0 Å². The molecule has 0 aromatic rings. The molecule has 8 heteroatoms. The van der Waals surface area contributed by atoms with Crippen molar-refractivity contribution in [2.45, 2.75) is 46.1 Å². The van der Waals surface area contributed by atoms with Gasteiger partial charge in [-0.1, -0.05) is 0 Å². The van der Waals surface area contributed by atoms with E-state index in [1.807, 2.05) is 32.6 Å². The van der Waals surface area contributed by atoms with Gasteiger partial charge in [0.15, 0.2) is 5.11 Å². The minimum Gasteiger partial charge on any atom is -0.466 e. The third-order valence-corrected chi connectivity index (χ3v) is 3.80. The Hall–Kier alpha value is -1.57. The molecule has 0 radical (unpaired) electrons. The van der Waals surface area contributed by atoms with Crippen LogP contribution in [-0.4, -0.2) is 60.5 Å². The average molecular weight is 359 g/mol. The first kappa shape index (κ1) is 20.5. The highest BCUT2D eigenvalue weighted by Gasteiger charge is 2.27. The van der Waals surface area contributed by atoms with E-state index in [0.717, 1.165) is 19.4 Å². The van der Waals surface area contributed by atoms with Gasteiger partial charge in [0, 0.05) is 26.2 Å². The van der Waals surface area contributed by atoms with E-state index < -0.39 is 11.7 Å². The van der Waals surface area contributed by atoms with E-state index in [0.29, 0.717) is 31.4 Å². The number of alkyl carbamates (subject to hydrolysis) is 1. The summed E-state index contributed by atoms with van der Waals surface area (Å²) in [6.45, 7) is 9.95. The van der Waals surface area contributed by atoms with Crippen LogP contribution < -0.4 is 10.6 Å². The lowest BCUT2D eigenvalue weighted by Crippen LogP contribution is -2.48. The molecule has 1 aliphatic heterocycles. The standard InChI is InChI=1S/C16H29N3O4S/c1-5-22-13(20)12-7-6-10-19(11-12)14(24)17-8-9-18-15(21)23-16(2,3)4/h12H,5-11H2,1-4H3,(H,17,24)(H,18,21). The molecule has 0 aromatic heterocycles. The first-order chi connectivity index (χ1) is 11.2. The minimum atomic E-state index is -0.511. The third-order valence-electron chi connectivity index (χ3n) is 3.40. The third kappa shape index (κ3) is 7.81. The van der Waals surface area contributed by atoms with Gasteiger partial charge in [-0.2, -0.15) is 0 Å². The highest BCUT2D eigenvalue weighted by atomic mass is 32.1. The Labute approximate surface area is 149 Å². The Bertz CT molecular complexity index is 451. The number of ether oxygens (including phenoxy) is 2. The molecule has 1 amide bonds. The monoisotopic (exact) mass is 359 g/mol. The van der Waals surface area contributed by atoms with Crippen molar-refractivity contribution >= 4 is 29.4 Å². The van der Waals surface area contributed by atoms with Crippen molar-refractivity contribution in [2.75, 3.05) is 32.8 Å². The molecule has 1 heterocycles. The summed E-state index contributed by atoms with van der Waals surface area (Å²) in [7, 11) is 0. The van der Waals surface area contributed by atoms with E-state index in [2.05, 4.69) is 10.6 Å². The SMILES string of the molecule is CCOC(=O)C1CCCN(C(=S)NCCNC(=O)OC(C)(C)C)C1. The number of amides is 1. The molecule has 1 saturated heterocycles. The van der Waals surface area contributed by atoms with Crippen molar-refractivity contribution in [1.82, 2.24) is 15.5 Å². The van der Waals surface area contributed by atoms with Gasteiger partial charge in [0.05, 0.1) is 12.5 Å². The second kappa shape index (κ2) is 9.66. The molecule has 1 fully saturated rings. The quantitative estimate of drug-likeness (QED) is 0.439. The van der Waals surface area contributed by atoms with Crippen LogP contribution in [0.25, 0.3) is 0 Å². The van der Waals surface area contributed by atoms with Crippen LogP contribution >= 0.6 is 12.2 Å². The van der Waals surface area contributed by atoms with E-state index in [9.17, 15) is 9.59 Å². The van der Waals surface area contributed by atoms with Crippen molar-refractivity contribution in [3.05, 3.63) is 0 Å². The maximum absolute atomic E-state index is 11.8. The minimum absolute atomic E-state index is 0.127. The normalized spacial score (nSPS) is 17.8. The molecule has 1 rings (SSSR count). The van der Waals surface area contributed by atoms with Crippen molar-refractivity contribution in [2.24, 2.45) is 5.92 Å². The number of carbonyl (C=O) groups excluding carboxylic acids is 2. The number of likely N-dealkylation sites (tertiary alicyclic amines) is 1. The van der Waals surface area contributed by atoms with Crippen LogP contribution in [0.15, 0.2) is 0 Å². The highest BCUT2D eigenvalue weighted by Crippen LogP contribution is 2.18. The summed E-state index contributed by atoms with van der Waals surface area (Å²) >= 11 is 5.36. The lowest BCUT2D eigenvalue weighted by atomic mass is 9.98. The number of nitrogens with one attached hydrogen (secondary N) is 2. The lowest BCUT2D eigenvalue weighted by molar-refractivity contribution is -0.149. The van der Waals surface area contributed by atoms with Gasteiger partial charge in [-0.25, -0.2) is 4.79 Å². The van der Waals surface area contributed by atoms with Crippen molar-refractivity contribution in [1.29, 1.82) is 0 Å². The van der Waals surface area contributed by atoms with E-state index >= 15 is 0 Å². The molecule has 0 aromatic carbocycles. The van der Waals surface area contributed by atoms with E-state index in [1.165, 1.54) is 0 Å². The van der Waals surface area contributed by atoms with Gasteiger partial charge in [0.1, 0.15) is 5.60 Å². The Kier molecular flexibility index (Phi) is 8.24. The summed E-state index contributed by atoms with van der Waals surface area (Å²) < 4.78 is 10.2. The number of hydrogen-bond acceptors (Lipinski definition) is 5. The summed E-state index contributed by atoms with van der Waals surface area (Å²) in [5.41, 5.74) is -0.511. The van der Waals surface area contributed by atoms with Crippen molar-refractivity contribution in [3.63, 3.8) is 0 Å². The summed E-state index contributed by atoms with van der Waals surface area (Å²) in [4.78, 5) is 25.4. The van der Waals surface area contributed by atoms with Gasteiger partial charge in [0.25, 0.3) is 0 Å². The summed E-state index contributed by atoms with van der Waals surface area (Å²) in [6, 6.07) is 0. The molecule has 138 valence electrons. The number of carbonyl (C=O) groups is 2. The predicted molar refractivity (Wildman–Crippen MR) is 95.8 cm³/mol. The van der Waals surface area contributed by atoms with E-state index in [1.54, 1.807) is 0 Å². The van der Waals surface area contributed by atoms with E-state index in [4.69, 9.17) is 21.7 Å². The number of piperidine rings is 1. The number of thiocarbonyl (C=S) groups is 1. The molecule has 0 bridgehead atoms. The molecular weight excluding hydrogens is 330 g/mol. The fourth-order valence-corrected chi connectivity index (χ4v) is 2.64. The molecule has 0 aliphatic carbocycles. The highest BCUT2D eigenvalue weighted by molar-refractivity contribution is 7.80. The van der Waals surface area contributed by atoms with Crippen molar-refractivity contribution in [3.8, 4) is 0 Å². The summed E-state index contributed by atoms with van der Waals surface area (Å²) in [5, 5.41) is 6.35. The average Bonchev–Trinajstić information content (AvgIpc) is 2.50. The second-order valence-corrected chi connectivity index (χ2v) is 7.08. The molecule has 24 heavy (non-hydrogen) atoms. The van der Waals surface area contributed by atoms with Gasteiger partial charge in [-0.05, 0) is 52.8 Å². The van der Waals surface area contributed by atoms with Crippen LogP contribution in [-0.2, 0) is 14.3 Å². The van der Waals surface area contributed by atoms with Gasteiger partial charge >= 0.3 is 12.1 Å². The van der Waals surface area contributed by atoms with Crippen LogP contribution in [0.3, 0.4) is 0 Å². The van der Waals surface area contributed by atoms with Gasteiger partial charge < -0.3 is 25.0 Å². The Morgan fingerprint density at radius 2 is 1.92 bits per heavy atom. The molecule has 1 unspecified atom stereocenters. The Morgan fingerprint density at radius 3 is 2.54 bits per heavy atom. The van der Waals surface area contributed by atoms with Crippen LogP contribution in [0.1, 0.15) is 40.5 Å². The molecule has 0 saturated carbocycles. The van der Waals surface area contributed by atoms with E-state index in [-0.39, 0.29) is 11.9 Å². The van der Waals surface area contributed by atoms with Crippen LogP contribution in [0.5, 0.6) is 0 Å². The zero-order chi connectivity index (χ0) is 18.2. The van der Waals surface area contributed by atoms with Gasteiger partial charge in [0.2, 0.25) is 0 Å². The first-order valence-electron chi connectivity index (χ1n) is 8.39. The van der Waals surface area contributed by atoms with Crippen LogP contribution in [0.4, 0.5) is 4.79 Å². The maximum Gasteiger partial charge on any atom is 0.407 e. The Balaban J connectivity index is 2.27. The maximum atomic E-state index is 11.8. The largest absolute Gasteiger partial charge is 0.466 e. The molecule has 7 nitrogen and oxygen atoms in total. The summed E-state index contributed by atoms with van der Waals surface area (Å²) in [6.07, 6.45) is 1.29. The first-order valence-corrected chi connectivity index (χ1v) is 8.80. The zero-order valence-electron chi connectivity index (χ0n) is 15.0. The number of nitrogens with zero attached hydrogens (tertiary/aromatic N) is 1. The smallest absolute Gasteiger partial charge is 0.407 e. The van der Waals surface area contributed by atoms with Gasteiger partial charge in [-0.3, -0.25) is 4.79 Å². The Morgan fingerprint density at radius 1 is 1.25 bits per heavy atom. The zero-order valence-corrected chi connectivity index (χ0v) is 15.8. The lowest BCUT2D eigenvalue weighted by Gasteiger charge is -2.33.